The lowest BCUT2D eigenvalue weighted by Crippen LogP contribution is -1.91. The highest BCUT2D eigenvalue weighted by Crippen LogP contribution is 2.38. The number of thiophene rings is 1. The van der Waals surface area contributed by atoms with Crippen LogP contribution in [0.1, 0.15) is 0 Å². The molecule has 0 aliphatic rings. The highest BCUT2D eigenvalue weighted by Gasteiger charge is 2.10. The number of rotatable bonds is 3. The molecule has 2 aromatic rings. The van der Waals surface area contributed by atoms with Gasteiger partial charge in [-0.2, -0.15) is 0 Å². The highest BCUT2D eigenvalue weighted by atomic mass is 32.1. The van der Waals surface area contributed by atoms with Gasteiger partial charge in [-0.25, -0.2) is 0 Å². The molecular formula is C12H13NO2S. The number of hydrogen-bond donors (Lipinski definition) is 1. The van der Waals surface area contributed by atoms with E-state index in [1.54, 1.807) is 25.6 Å². The van der Waals surface area contributed by atoms with Gasteiger partial charge in [-0.05, 0) is 18.2 Å². The Morgan fingerprint density at radius 1 is 1.06 bits per heavy atom. The Morgan fingerprint density at radius 3 is 2.44 bits per heavy atom. The third-order valence-electron chi connectivity index (χ3n) is 2.39. The molecule has 0 radical (unpaired) electrons. The largest absolute Gasteiger partial charge is 0.497 e. The zero-order chi connectivity index (χ0) is 11.5. The van der Waals surface area contributed by atoms with Gasteiger partial charge in [0, 0.05) is 21.9 Å². The molecule has 1 aromatic carbocycles. The predicted molar refractivity (Wildman–Crippen MR) is 67.3 cm³/mol. The van der Waals surface area contributed by atoms with E-state index < -0.39 is 0 Å². The van der Waals surface area contributed by atoms with Crippen molar-refractivity contribution in [1.82, 2.24) is 0 Å². The summed E-state index contributed by atoms with van der Waals surface area (Å²) >= 11 is 1.57. The molecule has 0 aliphatic carbocycles. The molecule has 2 N–H and O–H groups in total. The van der Waals surface area contributed by atoms with Gasteiger partial charge in [0.2, 0.25) is 0 Å². The predicted octanol–water partition coefficient (Wildman–Crippen LogP) is 3.01. The number of ether oxygens (including phenoxy) is 2. The SMILES string of the molecule is COc1ccc(OC)c(-c2cscc2N)c1. The van der Waals surface area contributed by atoms with Crippen LogP contribution in [0.4, 0.5) is 5.69 Å². The van der Waals surface area contributed by atoms with E-state index in [9.17, 15) is 0 Å². The lowest BCUT2D eigenvalue weighted by Gasteiger charge is -2.10. The Labute approximate surface area is 98.4 Å². The van der Waals surface area contributed by atoms with E-state index in [4.69, 9.17) is 15.2 Å². The second kappa shape index (κ2) is 4.45. The molecule has 4 heteroatoms. The van der Waals surface area contributed by atoms with Gasteiger partial charge in [-0.3, -0.25) is 0 Å². The van der Waals surface area contributed by atoms with Crippen LogP contribution >= 0.6 is 11.3 Å². The molecule has 1 heterocycles. The number of methoxy groups -OCH3 is 2. The molecule has 0 saturated carbocycles. The van der Waals surface area contributed by atoms with Crippen molar-refractivity contribution in [1.29, 1.82) is 0 Å². The Balaban J connectivity index is 2.57. The van der Waals surface area contributed by atoms with Gasteiger partial charge >= 0.3 is 0 Å². The molecule has 16 heavy (non-hydrogen) atoms. The molecule has 0 spiro atoms. The van der Waals surface area contributed by atoms with Gasteiger partial charge in [0.25, 0.3) is 0 Å². The van der Waals surface area contributed by atoms with Crippen LogP contribution in [0.15, 0.2) is 29.0 Å². The molecule has 0 aliphatic heterocycles. The first-order valence-corrected chi connectivity index (χ1v) is 5.74. The van der Waals surface area contributed by atoms with Crippen LogP contribution in [-0.2, 0) is 0 Å². The molecule has 0 saturated heterocycles. The number of anilines is 1. The van der Waals surface area contributed by atoms with Crippen molar-refractivity contribution < 1.29 is 9.47 Å². The summed E-state index contributed by atoms with van der Waals surface area (Å²) in [5.74, 6) is 1.59. The van der Waals surface area contributed by atoms with Gasteiger partial charge in [0.15, 0.2) is 0 Å². The topological polar surface area (TPSA) is 44.5 Å². The molecule has 84 valence electrons. The van der Waals surface area contributed by atoms with E-state index in [1.807, 2.05) is 29.0 Å². The first-order valence-electron chi connectivity index (χ1n) is 4.80. The van der Waals surface area contributed by atoms with E-state index in [0.717, 1.165) is 28.3 Å². The summed E-state index contributed by atoms with van der Waals surface area (Å²) in [7, 11) is 3.29. The number of benzene rings is 1. The Bertz CT molecular complexity index is 494. The van der Waals surface area contributed by atoms with Gasteiger partial charge in [0.1, 0.15) is 11.5 Å². The van der Waals surface area contributed by atoms with Crippen LogP contribution in [-0.4, -0.2) is 14.2 Å². The Hall–Kier alpha value is -1.68. The van der Waals surface area contributed by atoms with Crippen molar-refractivity contribution in [3.63, 3.8) is 0 Å². The van der Waals surface area contributed by atoms with Crippen LogP contribution in [0.2, 0.25) is 0 Å². The van der Waals surface area contributed by atoms with Crippen molar-refractivity contribution in [3.05, 3.63) is 29.0 Å². The third-order valence-corrected chi connectivity index (χ3v) is 3.15. The van der Waals surface area contributed by atoms with Crippen LogP contribution in [0.3, 0.4) is 0 Å². The van der Waals surface area contributed by atoms with Crippen LogP contribution < -0.4 is 15.2 Å². The summed E-state index contributed by atoms with van der Waals surface area (Å²) < 4.78 is 10.5. The van der Waals surface area contributed by atoms with Gasteiger partial charge in [0.05, 0.1) is 19.9 Å². The molecule has 0 amide bonds. The molecule has 1 aromatic heterocycles. The monoisotopic (exact) mass is 235 g/mol. The normalized spacial score (nSPS) is 10.1. The lowest BCUT2D eigenvalue weighted by atomic mass is 10.1. The van der Waals surface area contributed by atoms with Crippen LogP contribution in [0.5, 0.6) is 11.5 Å². The summed E-state index contributed by atoms with van der Waals surface area (Å²) in [5, 5.41) is 3.92. The van der Waals surface area contributed by atoms with Crippen molar-refractivity contribution >= 4 is 17.0 Å². The van der Waals surface area contributed by atoms with E-state index in [0.29, 0.717) is 0 Å². The highest BCUT2D eigenvalue weighted by molar-refractivity contribution is 7.08. The maximum Gasteiger partial charge on any atom is 0.127 e. The van der Waals surface area contributed by atoms with E-state index >= 15 is 0 Å². The third kappa shape index (κ3) is 1.84. The maximum absolute atomic E-state index is 5.90. The van der Waals surface area contributed by atoms with Crippen molar-refractivity contribution in [2.75, 3.05) is 20.0 Å². The van der Waals surface area contributed by atoms with Gasteiger partial charge in [-0.1, -0.05) is 0 Å². The van der Waals surface area contributed by atoms with Crippen LogP contribution in [0, 0.1) is 0 Å². The quantitative estimate of drug-likeness (QED) is 0.889. The first kappa shape index (κ1) is 10.8. The zero-order valence-corrected chi connectivity index (χ0v) is 10.0. The summed E-state index contributed by atoms with van der Waals surface area (Å²) in [6.45, 7) is 0. The lowest BCUT2D eigenvalue weighted by molar-refractivity contribution is 0.404. The fourth-order valence-electron chi connectivity index (χ4n) is 1.55. The maximum atomic E-state index is 5.90. The number of nitrogen functional groups attached to an aromatic ring is 1. The van der Waals surface area contributed by atoms with E-state index in [-0.39, 0.29) is 0 Å². The smallest absolute Gasteiger partial charge is 0.127 e. The average Bonchev–Trinajstić information content (AvgIpc) is 2.74. The Kier molecular flexibility index (Phi) is 3.01. The minimum atomic E-state index is 0.761. The van der Waals surface area contributed by atoms with Crippen molar-refractivity contribution in [2.24, 2.45) is 0 Å². The molecule has 2 rings (SSSR count). The molecule has 0 atom stereocenters. The second-order valence-electron chi connectivity index (χ2n) is 3.31. The van der Waals surface area contributed by atoms with Crippen LogP contribution in [0.25, 0.3) is 11.1 Å². The summed E-state index contributed by atoms with van der Waals surface area (Å²) in [6, 6.07) is 5.67. The van der Waals surface area contributed by atoms with Gasteiger partial charge < -0.3 is 15.2 Å². The number of hydrogen-bond acceptors (Lipinski definition) is 4. The first-order chi connectivity index (χ1) is 7.76. The standard InChI is InChI=1S/C12H13NO2S/c1-14-8-3-4-12(15-2)9(5-8)10-6-16-7-11(10)13/h3-7H,13H2,1-2H3. The second-order valence-corrected chi connectivity index (χ2v) is 4.05. The fourth-order valence-corrected chi connectivity index (χ4v) is 2.29. The summed E-state index contributed by atoms with van der Waals surface area (Å²) in [4.78, 5) is 0. The minimum absolute atomic E-state index is 0.761. The van der Waals surface area contributed by atoms with E-state index in [2.05, 4.69) is 0 Å². The molecular weight excluding hydrogens is 222 g/mol. The zero-order valence-electron chi connectivity index (χ0n) is 9.19. The number of nitrogens with two attached hydrogens (primary N) is 1. The van der Waals surface area contributed by atoms with Crippen molar-refractivity contribution in [3.8, 4) is 22.6 Å². The van der Waals surface area contributed by atoms with E-state index in [1.165, 1.54) is 0 Å². The molecule has 0 unspecified atom stereocenters. The van der Waals surface area contributed by atoms with Gasteiger partial charge in [-0.15, -0.1) is 11.3 Å². The Morgan fingerprint density at radius 2 is 1.88 bits per heavy atom. The fraction of sp³-hybridized carbons (Fsp3) is 0.167. The minimum Gasteiger partial charge on any atom is -0.497 e. The molecule has 3 nitrogen and oxygen atoms in total. The van der Waals surface area contributed by atoms with Crippen molar-refractivity contribution in [2.45, 2.75) is 0 Å². The molecule has 0 fully saturated rings. The summed E-state index contributed by atoms with van der Waals surface area (Å²) in [6.07, 6.45) is 0. The summed E-state index contributed by atoms with van der Waals surface area (Å²) in [5.41, 5.74) is 8.61. The molecule has 0 bridgehead atoms. The average molecular weight is 235 g/mol.